The number of nitrogens with two attached hydrogens (primary N) is 1. The molecule has 1 aromatic heterocycles. The quantitative estimate of drug-likeness (QED) is 0.884. The lowest BCUT2D eigenvalue weighted by molar-refractivity contribution is -0.118. The summed E-state index contributed by atoms with van der Waals surface area (Å²) < 4.78 is 6.37. The minimum Gasteiger partial charge on any atom is -0.482 e. The zero-order valence-electron chi connectivity index (χ0n) is 9.85. The molecule has 1 amide bonds. The number of thiophene rings is 1. The number of halogens is 1. The molecule has 0 aliphatic carbocycles. The van der Waals surface area contributed by atoms with Crippen LogP contribution in [0.15, 0.2) is 34.1 Å². The third-order valence-electron chi connectivity index (χ3n) is 2.90. The van der Waals surface area contributed by atoms with Crippen LogP contribution >= 0.6 is 27.3 Å². The van der Waals surface area contributed by atoms with Crippen LogP contribution in [0, 0.1) is 0 Å². The van der Waals surface area contributed by atoms with Gasteiger partial charge >= 0.3 is 0 Å². The second-order valence-electron chi connectivity index (χ2n) is 4.21. The number of nitrogens with one attached hydrogen (secondary N) is 1. The van der Waals surface area contributed by atoms with Crippen LogP contribution in [-0.2, 0) is 4.79 Å². The van der Waals surface area contributed by atoms with Crippen molar-refractivity contribution in [3.05, 3.63) is 44.6 Å². The summed E-state index contributed by atoms with van der Waals surface area (Å²) in [5, 5.41) is 2.79. The minimum atomic E-state index is -0.208. The SMILES string of the molecule is NC(c1ccc2c(c1)NC(=O)CO2)c1ccc(Br)s1. The summed E-state index contributed by atoms with van der Waals surface area (Å²) >= 11 is 5.03. The Morgan fingerprint density at radius 1 is 1.37 bits per heavy atom. The number of carbonyl (C=O) groups is 1. The average molecular weight is 339 g/mol. The van der Waals surface area contributed by atoms with Crippen LogP contribution in [-0.4, -0.2) is 12.5 Å². The first-order valence-electron chi connectivity index (χ1n) is 5.71. The van der Waals surface area contributed by atoms with Gasteiger partial charge in [-0.3, -0.25) is 4.79 Å². The van der Waals surface area contributed by atoms with Gasteiger partial charge < -0.3 is 15.8 Å². The third-order valence-corrected chi connectivity index (χ3v) is 4.60. The van der Waals surface area contributed by atoms with Crippen molar-refractivity contribution in [1.29, 1.82) is 0 Å². The van der Waals surface area contributed by atoms with Gasteiger partial charge in [-0.15, -0.1) is 11.3 Å². The summed E-state index contributed by atoms with van der Waals surface area (Å²) in [4.78, 5) is 12.4. The van der Waals surface area contributed by atoms with E-state index in [0.29, 0.717) is 11.4 Å². The lowest BCUT2D eigenvalue weighted by Gasteiger charge is -2.20. The molecule has 2 heterocycles. The Bertz CT molecular complexity index is 641. The van der Waals surface area contributed by atoms with Gasteiger partial charge in [0.2, 0.25) is 0 Å². The fourth-order valence-electron chi connectivity index (χ4n) is 1.95. The molecule has 4 nitrogen and oxygen atoms in total. The van der Waals surface area contributed by atoms with Gasteiger partial charge in [0.15, 0.2) is 6.61 Å². The minimum absolute atomic E-state index is 0.0657. The van der Waals surface area contributed by atoms with Gasteiger partial charge in [-0.05, 0) is 45.8 Å². The van der Waals surface area contributed by atoms with Crippen LogP contribution in [0.1, 0.15) is 16.5 Å². The molecular weight excluding hydrogens is 328 g/mol. The number of rotatable bonds is 2. The topological polar surface area (TPSA) is 64.3 Å². The molecular formula is C13H11BrN2O2S. The Labute approximate surface area is 122 Å². The van der Waals surface area contributed by atoms with E-state index in [0.717, 1.165) is 14.2 Å². The number of hydrogen-bond acceptors (Lipinski definition) is 4. The summed E-state index contributed by atoms with van der Waals surface area (Å²) in [5.41, 5.74) is 7.86. The zero-order valence-corrected chi connectivity index (χ0v) is 12.3. The molecule has 1 aromatic carbocycles. The molecule has 1 unspecified atom stereocenters. The first-order chi connectivity index (χ1) is 9.13. The molecule has 6 heteroatoms. The van der Waals surface area contributed by atoms with E-state index in [9.17, 15) is 4.79 Å². The van der Waals surface area contributed by atoms with Crippen molar-refractivity contribution < 1.29 is 9.53 Å². The molecule has 3 N–H and O–H groups in total. The predicted molar refractivity (Wildman–Crippen MR) is 78.6 cm³/mol. The van der Waals surface area contributed by atoms with Gasteiger partial charge in [0.25, 0.3) is 5.91 Å². The first kappa shape index (κ1) is 12.7. The van der Waals surface area contributed by atoms with E-state index >= 15 is 0 Å². The second-order valence-corrected chi connectivity index (χ2v) is 6.71. The fraction of sp³-hybridized carbons (Fsp3) is 0.154. The average Bonchev–Trinajstić information content (AvgIpc) is 2.83. The maximum absolute atomic E-state index is 11.3. The summed E-state index contributed by atoms with van der Waals surface area (Å²) in [6, 6.07) is 9.39. The number of anilines is 1. The van der Waals surface area contributed by atoms with E-state index in [1.165, 1.54) is 0 Å². The monoisotopic (exact) mass is 338 g/mol. The summed E-state index contributed by atoms with van der Waals surface area (Å²) in [7, 11) is 0. The lowest BCUT2D eigenvalue weighted by atomic mass is 10.0. The molecule has 1 aliphatic rings. The van der Waals surface area contributed by atoms with E-state index in [1.807, 2.05) is 30.3 Å². The number of fused-ring (bicyclic) bond motifs is 1. The summed E-state index contributed by atoms with van der Waals surface area (Å²) in [5.74, 6) is 0.542. The van der Waals surface area contributed by atoms with Gasteiger partial charge in [-0.25, -0.2) is 0 Å². The van der Waals surface area contributed by atoms with E-state index in [4.69, 9.17) is 10.5 Å². The van der Waals surface area contributed by atoms with Crippen LogP contribution < -0.4 is 15.8 Å². The molecule has 0 radical (unpaired) electrons. The van der Waals surface area contributed by atoms with Crippen molar-refractivity contribution in [3.63, 3.8) is 0 Å². The van der Waals surface area contributed by atoms with Gasteiger partial charge in [0.05, 0.1) is 15.5 Å². The van der Waals surface area contributed by atoms with Crippen LogP contribution in [0.4, 0.5) is 5.69 Å². The predicted octanol–water partition coefficient (Wildman–Crippen LogP) is 2.89. The molecule has 0 fully saturated rings. The lowest BCUT2D eigenvalue weighted by Crippen LogP contribution is -2.25. The van der Waals surface area contributed by atoms with Crippen molar-refractivity contribution in [2.75, 3.05) is 11.9 Å². The first-order valence-corrected chi connectivity index (χ1v) is 7.32. The van der Waals surface area contributed by atoms with E-state index in [1.54, 1.807) is 11.3 Å². The van der Waals surface area contributed by atoms with Crippen molar-refractivity contribution in [2.24, 2.45) is 5.73 Å². The number of amides is 1. The maximum Gasteiger partial charge on any atom is 0.262 e. The van der Waals surface area contributed by atoms with Crippen LogP contribution in [0.2, 0.25) is 0 Å². The van der Waals surface area contributed by atoms with Crippen LogP contribution in [0.25, 0.3) is 0 Å². The zero-order chi connectivity index (χ0) is 13.4. The van der Waals surface area contributed by atoms with Crippen molar-refractivity contribution in [2.45, 2.75) is 6.04 Å². The van der Waals surface area contributed by atoms with Crippen molar-refractivity contribution in [1.82, 2.24) is 0 Å². The van der Waals surface area contributed by atoms with Crippen LogP contribution in [0.3, 0.4) is 0 Å². The molecule has 0 saturated carbocycles. The van der Waals surface area contributed by atoms with E-state index in [-0.39, 0.29) is 18.6 Å². The van der Waals surface area contributed by atoms with Gasteiger partial charge in [-0.1, -0.05) is 6.07 Å². The van der Waals surface area contributed by atoms with Crippen molar-refractivity contribution >= 4 is 38.9 Å². The molecule has 19 heavy (non-hydrogen) atoms. The molecule has 3 rings (SSSR count). The number of hydrogen-bond donors (Lipinski definition) is 2. The van der Waals surface area contributed by atoms with Gasteiger partial charge in [0.1, 0.15) is 5.75 Å². The highest BCUT2D eigenvalue weighted by atomic mass is 79.9. The highest BCUT2D eigenvalue weighted by molar-refractivity contribution is 9.11. The third kappa shape index (κ3) is 2.51. The summed E-state index contributed by atoms with van der Waals surface area (Å²) in [6.45, 7) is 0.0657. The number of ether oxygens (including phenoxy) is 1. The number of carbonyl (C=O) groups excluding carboxylic acids is 1. The van der Waals surface area contributed by atoms with Crippen molar-refractivity contribution in [3.8, 4) is 5.75 Å². The largest absolute Gasteiger partial charge is 0.482 e. The highest BCUT2D eigenvalue weighted by Crippen LogP contribution is 2.34. The Kier molecular flexibility index (Phi) is 3.30. The maximum atomic E-state index is 11.3. The Hall–Kier alpha value is -1.37. The standard InChI is InChI=1S/C13H11BrN2O2S/c14-11-4-3-10(19-11)13(15)7-1-2-9-8(5-7)16-12(17)6-18-9/h1-5,13H,6,15H2,(H,16,17). The molecule has 0 spiro atoms. The summed E-state index contributed by atoms with van der Waals surface area (Å²) in [6.07, 6.45) is 0. The Morgan fingerprint density at radius 2 is 2.21 bits per heavy atom. The normalized spacial score (nSPS) is 15.4. The van der Waals surface area contributed by atoms with E-state index < -0.39 is 0 Å². The van der Waals surface area contributed by atoms with Gasteiger partial charge in [-0.2, -0.15) is 0 Å². The van der Waals surface area contributed by atoms with E-state index in [2.05, 4.69) is 21.2 Å². The molecule has 1 atom stereocenters. The van der Waals surface area contributed by atoms with Crippen LogP contribution in [0.5, 0.6) is 5.75 Å². The molecule has 0 bridgehead atoms. The Balaban J connectivity index is 1.93. The van der Waals surface area contributed by atoms with Gasteiger partial charge in [0, 0.05) is 4.88 Å². The highest BCUT2D eigenvalue weighted by Gasteiger charge is 2.18. The smallest absolute Gasteiger partial charge is 0.262 e. The molecule has 2 aromatic rings. The fourth-order valence-corrected chi connectivity index (χ4v) is 3.41. The second kappa shape index (κ2) is 4.96. The molecule has 0 saturated heterocycles. The number of benzene rings is 1. The molecule has 98 valence electrons. The molecule has 1 aliphatic heterocycles. The Morgan fingerprint density at radius 3 is 2.95 bits per heavy atom.